The molecule has 10 heteroatoms. The average Bonchev–Trinajstić information content (AvgIpc) is 2.34. The zero-order valence-corrected chi connectivity index (χ0v) is 11.1. The lowest BCUT2D eigenvalue weighted by molar-refractivity contribution is -0.231. The highest BCUT2D eigenvalue weighted by molar-refractivity contribution is 6.59. The molecule has 5 atom stereocenters. The molecule has 1 fully saturated rings. The molecule has 1 amide bonds. The quantitative estimate of drug-likeness (QED) is 0.311. The summed E-state index contributed by atoms with van der Waals surface area (Å²) in [5.41, 5.74) is 0. The maximum absolute atomic E-state index is 11.4. The van der Waals surface area contributed by atoms with Gasteiger partial charge in [0.05, 0.1) is 6.61 Å². The van der Waals surface area contributed by atoms with Crippen LogP contribution in [0, 0.1) is 0 Å². The molecule has 0 bridgehead atoms. The highest BCUT2D eigenvalue weighted by atomic mass is 35.5. The van der Waals surface area contributed by atoms with Crippen LogP contribution in [0.5, 0.6) is 0 Å². The van der Waals surface area contributed by atoms with Crippen molar-refractivity contribution in [3.63, 3.8) is 0 Å². The van der Waals surface area contributed by atoms with E-state index in [0.29, 0.717) is 0 Å². The molecule has 1 aliphatic rings. The van der Waals surface area contributed by atoms with Gasteiger partial charge in [-0.1, -0.05) is 23.2 Å². The molecule has 0 spiro atoms. The largest absolute Gasteiger partial charge is 0.394 e. The third kappa shape index (κ3) is 2.83. The van der Waals surface area contributed by atoms with Crippen molar-refractivity contribution >= 4 is 40.9 Å². The first-order chi connectivity index (χ1) is 8.27. The van der Waals surface area contributed by atoms with E-state index in [1.807, 2.05) is 0 Å². The summed E-state index contributed by atoms with van der Waals surface area (Å²) in [5.74, 6) is -1.07. The third-order valence-corrected chi connectivity index (χ3v) is 3.58. The number of halogens is 3. The van der Waals surface area contributed by atoms with E-state index in [1.165, 1.54) is 0 Å². The van der Waals surface area contributed by atoms with Crippen LogP contribution in [0.25, 0.3) is 0 Å². The molecule has 0 saturated carbocycles. The van der Waals surface area contributed by atoms with Gasteiger partial charge in [0.25, 0.3) is 5.91 Å². The second-order valence-corrected chi connectivity index (χ2v) is 5.37. The molecule has 106 valence electrons. The van der Waals surface area contributed by atoms with Gasteiger partial charge in [0.2, 0.25) is 4.33 Å². The van der Waals surface area contributed by atoms with Gasteiger partial charge in [-0.25, -0.2) is 0 Å². The standard InChI is InChI=1S/C8H12Cl3NO6/c9-8(10,7(17)12-11)6-5(16)4(15)3(14)2(1-13)18-6/h2-6,13-16H,1H2,(H,12,17)/t2-,3-,4+,5-,6?/m1/s1. The number of nitrogens with one attached hydrogen (secondary N) is 1. The predicted molar refractivity (Wildman–Crippen MR) is 62.2 cm³/mol. The van der Waals surface area contributed by atoms with E-state index in [-0.39, 0.29) is 0 Å². The lowest BCUT2D eigenvalue weighted by Gasteiger charge is -2.43. The van der Waals surface area contributed by atoms with Crippen LogP contribution in [-0.4, -0.2) is 67.8 Å². The van der Waals surface area contributed by atoms with Gasteiger partial charge in [-0.2, -0.15) is 0 Å². The monoisotopic (exact) mass is 323 g/mol. The molecular weight excluding hydrogens is 312 g/mol. The van der Waals surface area contributed by atoms with Crippen molar-refractivity contribution < 1.29 is 30.0 Å². The van der Waals surface area contributed by atoms with Crippen LogP contribution in [0.4, 0.5) is 0 Å². The molecule has 1 aliphatic heterocycles. The van der Waals surface area contributed by atoms with Crippen molar-refractivity contribution in [1.82, 2.24) is 4.84 Å². The van der Waals surface area contributed by atoms with Crippen LogP contribution in [0.2, 0.25) is 0 Å². The first-order valence-corrected chi connectivity index (χ1v) is 6.00. The minimum absolute atomic E-state index is 0.659. The summed E-state index contributed by atoms with van der Waals surface area (Å²) in [7, 11) is 0. The predicted octanol–water partition coefficient (Wildman–Crippen LogP) is -1.73. The van der Waals surface area contributed by atoms with Gasteiger partial charge in [-0.15, -0.1) is 0 Å². The molecule has 0 aromatic heterocycles. The van der Waals surface area contributed by atoms with Gasteiger partial charge in [0.15, 0.2) is 0 Å². The van der Waals surface area contributed by atoms with Crippen molar-refractivity contribution in [3.05, 3.63) is 0 Å². The molecule has 1 saturated heterocycles. The lowest BCUT2D eigenvalue weighted by Crippen LogP contribution is -2.64. The summed E-state index contributed by atoms with van der Waals surface area (Å²) in [4.78, 5) is 13.0. The van der Waals surface area contributed by atoms with E-state index >= 15 is 0 Å². The van der Waals surface area contributed by atoms with Crippen LogP contribution in [0.15, 0.2) is 0 Å². The number of amides is 1. The second kappa shape index (κ2) is 6.06. The topological polar surface area (TPSA) is 119 Å². The van der Waals surface area contributed by atoms with Crippen LogP contribution < -0.4 is 4.84 Å². The molecule has 0 aliphatic carbocycles. The fourth-order valence-corrected chi connectivity index (χ4v) is 2.29. The molecular formula is C8H12Cl3NO6. The number of carbonyl (C=O) groups excluding carboxylic acids is 1. The number of rotatable bonds is 3. The number of hydrogen-bond donors (Lipinski definition) is 5. The van der Waals surface area contributed by atoms with Gasteiger partial charge >= 0.3 is 0 Å². The summed E-state index contributed by atoms with van der Waals surface area (Å²) < 4.78 is 2.73. The summed E-state index contributed by atoms with van der Waals surface area (Å²) in [6, 6.07) is 0. The highest BCUT2D eigenvalue weighted by Gasteiger charge is 2.55. The van der Waals surface area contributed by atoms with Crippen molar-refractivity contribution in [3.8, 4) is 0 Å². The van der Waals surface area contributed by atoms with Gasteiger partial charge in [-0.3, -0.25) is 9.63 Å². The van der Waals surface area contributed by atoms with Crippen molar-refractivity contribution in [2.75, 3.05) is 6.61 Å². The minimum Gasteiger partial charge on any atom is -0.394 e. The molecule has 0 aromatic carbocycles. The summed E-state index contributed by atoms with van der Waals surface area (Å²) in [5, 5.41) is 37.7. The fraction of sp³-hybridized carbons (Fsp3) is 0.875. The summed E-state index contributed by atoms with van der Waals surface area (Å²) >= 11 is 16.5. The van der Waals surface area contributed by atoms with Crippen LogP contribution >= 0.6 is 35.0 Å². The van der Waals surface area contributed by atoms with E-state index in [0.717, 1.165) is 0 Å². The summed E-state index contributed by atoms with van der Waals surface area (Å²) in [6.45, 7) is -0.659. The Morgan fingerprint density at radius 1 is 1.22 bits per heavy atom. The number of carbonyl (C=O) groups is 1. The number of ether oxygens (including phenoxy) is 1. The van der Waals surface area contributed by atoms with Crippen molar-refractivity contribution in [2.45, 2.75) is 34.9 Å². The van der Waals surface area contributed by atoms with E-state index < -0.39 is 47.4 Å². The normalized spacial score (nSPS) is 37.4. The maximum atomic E-state index is 11.4. The Morgan fingerprint density at radius 2 is 1.78 bits per heavy atom. The molecule has 0 radical (unpaired) electrons. The van der Waals surface area contributed by atoms with E-state index in [1.54, 1.807) is 4.84 Å². The average molecular weight is 325 g/mol. The van der Waals surface area contributed by atoms with E-state index in [4.69, 9.17) is 44.8 Å². The Balaban J connectivity index is 2.97. The van der Waals surface area contributed by atoms with E-state index in [9.17, 15) is 20.1 Å². The smallest absolute Gasteiger partial charge is 0.273 e. The van der Waals surface area contributed by atoms with Gasteiger partial charge in [0, 0.05) is 11.8 Å². The molecule has 7 nitrogen and oxygen atoms in total. The maximum Gasteiger partial charge on any atom is 0.273 e. The van der Waals surface area contributed by atoms with Crippen molar-refractivity contribution in [1.29, 1.82) is 0 Å². The molecule has 18 heavy (non-hydrogen) atoms. The van der Waals surface area contributed by atoms with E-state index in [2.05, 4.69) is 0 Å². The Morgan fingerprint density at radius 3 is 2.22 bits per heavy atom. The lowest BCUT2D eigenvalue weighted by atomic mass is 9.93. The SMILES string of the molecule is O=C(NCl)C(Cl)(Cl)C1O[C@H](CO)[C@@H](O)[C@H](O)[C@H]1O. The molecule has 0 aromatic rings. The first kappa shape index (κ1) is 16.2. The molecule has 1 unspecified atom stereocenters. The Kier molecular flexibility index (Phi) is 5.45. The number of hydrogen-bond acceptors (Lipinski definition) is 6. The van der Waals surface area contributed by atoms with Gasteiger partial charge in [0.1, 0.15) is 30.5 Å². The third-order valence-electron chi connectivity index (χ3n) is 2.64. The minimum atomic E-state index is -2.30. The fourth-order valence-electron chi connectivity index (χ4n) is 1.59. The van der Waals surface area contributed by atoms with Crippen LogP contribution in [-0.2, 0) is 9.53 Å². The van der Waals surface area contributed by atoms with Gasteiger partial charge in [-0.05, 0) is 0 Å². The van der Waals surface area contributed by atoms with Crippen LogP contribution in [0.1, 0.15) is 0 Å². The molecule has 1 rings (SSSR count). The number of aliphatic hydroxyl groups is 4. The Hall–Kier alpha value is 0.140. The zero-order chi connectivity index (χ0) is 14.1. The number of aliphatic hydroxyl groups excluding tert-OH is 4. The second-order valence-electron chi connectivity index (χ2n) is 3.80. The molecule has 1 heterocycles. The highest BCUT2D eigenvalue weighted by Crippen LogP contribution is 2.36. The molecule has 5 N–H and O–H groups in total. The number of alkyl halides is 2. The Labute approximate surface area is 117 Å². The van der Waals surface area contributed by atoms with Crippen LogP contribution in [0.3, 0.4) is 0 Å². The first-order valence-electron chi connectivity index (χ1n) is 4.86. The Bertz CT molecular complexity index is 315. The van der Waals surface area contributed by atoms with Gasteiger partial charge < -0.3 is 25.2 Å². The zero-order valence-electron chi connectivity index (χ0n) is 8.83. The van der Waals surface area contributed by atoms with Crippen molar-refractivity contribution in [2.24, 2.45) is 0 Å². The summed E-state index contributed by atoms with van der Waals surface area (Å²) in [6.07, 6.45) is -7.76.